The first kappa shape index (κ1) is 24.5. The molecule has 1 spiro atoms. The highest BCUT2D eigenvalue weighted by Crippen LogP contribution is 2.48. The predicted molar refractivity (Wildman–Crippen MR) is 114 cm³/mol. The Balaban J connectivity index is 1.77. The second kappa shape index (κ2) is 9.79. The van der Waals surface area contributed by atoms with Gasteiger partial charge in [0.15, 0.2) is 0 Å². The van der Waals surface area contributed by atoms with E-state index in [2.05, 4.69) is 22.2 Å². The molecule has 1 aliphatic heterocycles. The maximum atomic E-state index is 13.0. The highest BCUT2D eigenvalue weighted by molar-refractivity contribution is 5.73. The number of halogens is 3. The third-order valence-corrected chi connectivity index (χ3v) is 6.41. The summed E-state index contributed by atoms with van der Waals surface area (Å²) in [5.74, 6) is -1.28. The maximum Gasteiger partial charge on any atom is 0.391 e. The largest absolute Gasteiger partial charge is 0.471 e. The molecular weight excluding hydrogens is 423 g/mol. The van der Waals surface area contributed by atoms with E-state index < -0.39 is 24.2 Å². The van der Waals surface area contributed by atoms with Gasteiger partial charge in [0.25, 0.3) is 0 Å². The maximum absolute atomic E-state index is 13.0. The summed E-state index contributed by atoms with van der Waals surface area (Å²) in [6, 6.07) is 1.03. The van der Waals surface area contributed by atoms with Crippen molar-refractivity contribution in [1.82, 2.24) is 15.6 Å². The third-order valence-electron chi connectivity index (χ3n) is 6.41. The van der Waals surface area contributed by atoms with Crippen molar-refractivity contribution in [2.24, 2.45) is 5.92 Å². The van der Waals surface area contributed by atoms with Crippen LogP contribution in [0.25, 0.3) is 0 Å². The minimum Gasteiger partial charge on any atom is -0.471 e. The molecule has 3 rings (SSSR count). The number of hydrogen-bond acceptors (Lipinski definition) is 5. The van der Waals surface area contributed by atoms with E-state index in [0.29, 0.717) is 29.8 Å². The number of rotatable bonds is 9. The fourth-order valence-corrected chi connectivity index (χ4v) is 4.38. The molecule has 1 aromatic heterocycles. The van der Waals surface area contributed by atoms with Crippen LogP contribution in [-0.4, -0.2) is 46.5 Å². The van der Waals surface area contributed by atoms with Crippen molar-refractivity contribution in [2.75, 3.05) is 6.54 Å². The number of aliphatic hydroxyl groups excluding tert-OH is 1. The number of carbonyl (C=O) groups excluding carboxylic acids is 1. The molecular formula is C23H32F3N3O3. The molecule has 2 heterocycles. The fourth-order valence-electron chi connectivity index (χ4n) is 4.38. The van der Waals surface area contributed by atoms with Gasteiger partial charge in [0.1, 0.15) is 5.60 Å². The van der Waals surface area contributed by atoms with E-state index in [1.54, 1.807) is 12.1 Å². The van der Waals surface area contributed by atoms with Gasteiger partial charge in [-0.25, -0.2) is 4.98 Å². The number of carbonyl (C=O) groups is 1. The van der Waals surface area contributed by atoms with Crippen LogP contribution in [0.5, 0.6) is 5.88 Å². The Kier molecular flexibility index (Phi) is 7.50. The molecule has 9 heteroatoms. The number of ether oxygens (including phenoxy) is 1. The zero-order valence-corrected chi connectivity index (χ0v) is 18.5. The lowest BCUT2D eigenvalue weighted by molar-refractivity contribution is -0.169. The smallest absolute Gasteiger partial charge is 0.391 e. The van der Waals surface area contributed by atoms with Gasteiger partial charge >= 0.3 is 6.18 Å². The lowest BCUT2D eigenvalue weighted by atomic mass is 9.73. The summed E-state index contributed by atoms with van der Waals surface area (Å²) in [7, 11) is 0. The highest BCUT2D eigenvalue weighted by atomic mass is 19.4. The number of alkyl halides is 3. The Morgan fingerprint density at radius 2 is 2.19 bits per heavy atom. The standard InChI is InChI=1S/C23H32F3N3O3/c1-4-6-18(29-15(3)30)20(31)13-27-19-11-22(7-5-8-22)32-21-17(19)10-16(12-28-21)9-14(2)23(24,25)26/h4,10,12,14,18-20,27,31H,1,5-9,11,13H2,2-3H3,(H,29,30)/t14-,18+,19?,20-/m1/s1. The molecule has 1 aliphatic carbocycles. The summed E-state index contributed by atoms with van der Waals surface area (Å²) < 4.78 is 45.2. The Hall–Kier alpha value is -2.13. The van der Waals surface area contributed by atoms with Crippen LogP contribution in [0, 0.1) is 5.92 Å². The second-order valence-electron chi connectivity index (χ2n) is 9.09. The minimum absolute atomic E-state index is 0.159. The molecule has 32 heavy (non-hydrogen) atoms. The summed E-state index contributed by atoms with van der Waals surface area (Å²) in [5, 5.41) is 16.7. The average Bonchev–Trinajstić information content (AvgIpc) is 2.69. The van der Waals surface area contributed by atoms with Crippen LogP contribution >= 0.6 is 0 Å². The summed E-state index contributed by atoms with van der Waals surface area (Å²) in [6.07, 6.45) is 1.71. The van der Waals surface area contributed by atoms with Crippen molar-refractivity contribution in [2.45, 2.75) is 82.3 Å². The zero-order chi connectivity index (χ0) is 23.5. The predicted octanol–water partition coefficient (Wildman–Crippen LogP) is 3.60. The SMILES string of the molecule is C=CC[C@H](NC(C)=O)[C@H](O)CNC1CC2(CCC2)Oc2ncc(C[C@@H](C)C(F)(F)F)cc21. The minimum atomic E-state index is -4.27. The third kappa shape index (κ3) is 5.81. The van der Waals surface area contributed by atoms with Crippen LogP contribution < -0.4 is 15.4 Å². The van der Waals surface area contributed by atoms with Gasteiger partial charge < -0.3 is 20.5 Å². The molecule has 178 valence electrons. The Morgan fingerprint density at radius 3 is 2.75 bits per heavy atom. The summed E-state index contributed by atoms with van der Waals surface area (Å²) >= 11 is 0. The molecule has 2 aliphatic rings. The number of nitrogens with zero attached hydrogens (tertiary/aromatic N) is 1. The van der Waals surface area contributed by atoms with Crippen LogP contribution in [0.1, 0.15) is 63.1 Å². The Bertz CT molecular complexity index is 826. The fraction of sp³-hybridized carbons (Fsp3) is 0.652. The molecule has 0 radical (unpaired) electrons. The number of hydrogen-bond donors (Lipinski definition) is 3. The van der Waals surface area contributed by atoms with Gasteiger partial charge in [0, 0.05) is 37.7 Å². The van der Waals surface area contributed by atoms with Crippen molar-refractivity contribution >= 4 is 5.91 Å². The number of aromatic nitrogens is 1. The van der Waals surface area contributed by atoms with Crippen molar-refractivity contribution in [3.63, 3.8) is 0 Å². The molecule has 1 fully saturated rings. The molecule has 1 saturated carbocycles. The first-order chi connectivity index (χ1) is 15.0. The van der Waals surface area contributed by atoms with Crippen LogP contribution in [0.2, 0.25) is 0 Å². The molecule has 4 atom stereocenters. The van der Waals surface area contributed by atoms with Crippen LogP contribution in [-0.2, 0) is 11.2 Å². The Labute approximate surface area is 186 Å². The molecule has 1 unspecified atom stereocenters. The van der Waals surface area contributed by atoms with Crippen LogP contribution in [0.4, 0.5) is 13.2 Å². The molecule has 0 saturated heterocycles. The van der Waals surface area contributed by atoms with Crippen molar-refractivity contribution < 1.29 is 27.8 Å². The van der Waals surface area contributed by atoms with E-state index in [1.165, 1.54) is 13.1 Å². The highest BCUT2D eigenvalue weighted by Gasteiger charge is 2.46. The van der Waals surface area contributed by atoms with E-state index in [0.717, 1.165) is 26.2 Å². The lowest BCUT2D eigenvalue weighted by Crippen LogP contribution is -2.51. The normalized spacial score (nSPS) is 22.1. The van der Waals surface area contributed by atoms with Crippen LogP contribution in [0.3, 0.4) is 0 Å². The van der Waals surface area contributed by atoms with Gasteiger partial charge in [0.05, 0.1) is 18.1 Å². The number of fused-ring (bicyclic) bond motifs is 1. The lowest BCUT2D eigenvalue weighted by Gasteiger charge is -2.47. The number of pyridine rings is 1. The molecule has 1 amide bonds. The molecule has 6 nitrogen and oxygen atoms in total. The summed E-state index contributed by atoms with van der Waals surface area (Å²) in [6.45, 7) is 6.42. The molecule has 0 bridgehead atoms. The molecule has 1 aromatic rings. The van der Waals surface area contributed by atoms with E-state index >= 15 is 0 Å². The van der Waals surface area contributed by atoms with Gasteiger partial charge in [-0.1, -0.05) is 13.0 Å². The molecule has 0 aromatic carbocycles. The van der Waals surface area contributed by atoms with Gasteiger partial charge in [0.2, 0.25) is 11.8 Å². The monoisotopic (exact) mass is 455 g/mol. The second-order valence-corrected chi connectivity index (χ2v) is 9.09. The van der Waals surface area contributed by atoms with E-state index in [1.807, 2.05) is 0 Å². The number of nitrogens with one attached hydrogen (secondary N) is 2. The van der Waals surface area contributed by atoms with E-state index in [9.17, 15) is 23.1 Å². The van der Waals surface area contributed by atoms with Crippen molar-refractivity contribution in [3.05, 3.63) is 36.0 Å². The van der Waals surface area contributed by atoms with E-state index in [-0.39, 0.29) is 30.5 Å². The van der Waals surface area contributed by atoms with Gasteiger partial charge in [-0.05, 0) is 43.7 Å². The zero-order valence-electron chi connectivity index (χ0n) is 18.5. The first-order valence-corrected chi connectivity index (χ1v) is 11.1. The van der Waals surface area contributed by atoms with Crippen molar-refractivity contribution in [1.29, 1.82) is 0 Å². The average molecular weight is 456 g/mol. The first-order valence-electron chi connectivity index (χ1n) is 11.1. The van der Waals surface area contributed by atoms with Crippen molar-refractivity contribution in [3.8, 4) is 5.88 Å². The van der Waals surface area contributed by atoms with E-state index in [4.69, 9.17) is 4.74 Å². The van der Waals surface area contributed by atoms with Gasteiger partial charge in [-0.3, -0.25) is 4.79 Å². The quantitative estimate of drug-likeness (QED) is 0.496. The summed E-state index contributed by atoms with van der Waals surface area (Å²) in [4.78, 5) is 15.8. The topological polar surface area (TPSA) is 83.5 Å². The summed E-state index contributed by atoms with van der Waals surface area (Å²) in [5.41, 5.74) is 0.889. The number of aliphatic hydroxyl groups is 1. The number of amides is 1. The Morgan fingerprint density at radius 1 is 1.47 bits per heavy atom. The van der Waals surface area contributed by atoms with Crippen LogP contribution in [0.15, 0.2) is 24.9 Å². The molecule has 3 N–H and O–H groups in total. The van der Waals surface area contributed by atoms with Gasteiger partial charge in [-0.15, -0.1) is 6.58 Å². The van der Waals surface area contributed by atoms with Gasteiger partial charge in [-0.2, -0.15) is 13.2 Å².